The number of aromatic nitrogens is 2. The van der Waals surface area contributed by atoms with Gasteiger partial charge in [-0.3, -0.25) is 0 Å². The number of aryl methyl sites for hydroxylation is 1. The second-order valence-corrected chi connectivity index (χ2v) is 5.48. The van der Waals surface area contributed by atoms with Gasteiger partial charge in [-0.05, 0) is 24.8 Å². The number of nitrogens with zero attached hydrogens (tertiary/aromatic N) is 2. The fourth-order valence-electron chi connectivity index (χ4n) is 1.85. The lowest BCUT2D eigenvalue weighted by molar-refractivity contribution is 0.157. The van der Waals surface area contributed by atoms with Crippen LogP contribution in [0.25, 0.3) is 0 Å². The van der Waals surface area contributed by atoms with E-state index in [1.54, 1.807) is 17.5 Å². The van der Waals surface area contributed by atoms with Crippen LogP contribution in [0, 0.1) is 0 Å². The quantitative estimate of drug-likeness (QED) is 0.841. The summed E-state index contributed by atoms with van der Waals surface area (Å²) in [7, 11) is 1.98. The number of hydrogen-bond acceptors (Lipinski definition) is 4. The Bertz CT molecular complexity index is 466. The topological polar surface area (TPSA) is 50.1 Å². The Morgan fingerprint density at radius 3 is 3.00 bits per heavy atom. The lowest BCUT2D eigenvalue weighted by atomic mass is 10.1. The second kappa shape index (κ2) is 6.13. The average molecular weight is 265 g/mol. The lowest BCUT2D eigenvalue weighted by Gasteiger charge is -2.17. The van der Waals surface area contributed by atoms with Crippen molar-refractivity contribution in [1.82, 2.24) is 14.9 Å². The van der Waals surface area contributed by atoms with E-state index in [0.717, 1.165) is 17.2 Å². The molecule has 0 aliphatic rings. The van der Waals surface area contributed by atoms with Gasteiger partial charge in [0.05, 0.1) is 12.6 Å². The van der Waals surface area contributed by atoms with Crippen LogP contribution in [0.1, 0.15) is 30.2 Å². The van der Waals surface area contributed by atoms with E-state index in [4.69, 9.17) is 0 Å². The number of nitrogens with one attached hydrogen (secondary N) is 1. The maximum absolute atomic E-state index is 10.0. The maximum atomic E-state index is 10.0. The highest BCUT2D eigenvalue weighted by Crippen LogP contribution is 2.22. The molecule has 2 heterocycles. The Balaban J connectivity index is 1.79. The number of aliphatic hydroxyl groups is 1. The Morgan fingerprint density at radius 2 is 2.39 bits per heavy atom. The standard InChI is InChI=1S/C13H19N3OS/c1-10(8-11(17)12-4-3-7-18-12)15-9-13-14-5-6-16(13)2/h3-7,10-11,15,17H,8-9H2,1-2H3/t10-,11+/m1/s1. The van der Waals surface area contributed by atoms with Crippen molar-refractivity contribution in [2.24, 2.45) is 7.05 Å². The highest BCUT2D eigenvalue weighted by atomic mass is 32.1. The van der Waals surface area contributed by atoms with E-state index in [2.05, 4.69) is 17.2 Å². The minimum Gasteiger partial charge on any atom is -0.388 e. The molecule has 2 N–H and O–H groups in total. The molecule has 5 heteroatoms. The number of hydrogen-bond donors (Lipinski definition) is 2. The predicted octanol–water partition coefficient (Wildman–Crippen LogP) is 2.08. The average Bonchev–Trinajstić information content (AvgIpc) is 2.97. The van der Waals surface area contributed by atoms with Crippen LogP contribution in [0.5, 0.6) is 0 Å². The minimum absolute atomic E-state index is 0.249. The highest BCUT2D eigenvalue weighted by molar-refractivity contribution is 7.10. The first-order chi connectivity index (χ1) is 8.66. The SMILES string of the molecule is C[C@H](C[C@H](O)c1cccs1)NCc1nccn1C. The van der Waals surface area contributed by atoms with Gasteiger partial charge in [-0.15, -0.1) is 11.3 Å². The van der Waals surface area contributed by atoms with Crippen molar-refractivity contribution in [3.63, 3.8) is 0 Å². The van der Waals surface area contributed by atoms with Gasteiger partial charge in [0.15, 0.2) is 0 Å². The summed E-state index contributed by atoms with van der Waals surface area (Å²) in [6, 6.07) is 4.19. The van der Waals surface area contributed by atoms with Gasteiger partial charge in [0.25, 0.3) is 0 Å². The van der Waals surface area contributed by atoms with E-state index in [1.165, 1.54) is 0 Å². The molecule has 0 spiro atoms. The maximum Gasteiger partial charge on any atom is 0.122 e. The highest BCUT2D eigenvalue weighted by Gasteiger charge is 2.13. The van der Waals surface area contributed by atoms with Gasteiger partial charge in [-0.2, -0.15) is 0 Å². The van der Waals surface area contributed by atoms with Crippen LogP contribution in [-0.4, -0.2) is 20.7 Å². The normalized spacial score (nSPS) is 14.6. The van der Waals surface area contributed by atoms with Gasteiger partial charge in [-0.25, -0.2) is 4.98 Å². The smallest absolute Gasteiger partial charge is 0.122 e. The van der Waals surface area contributed by atoms with Crippen LogP contribution in [0.4, 0.5) is 0 Å². The molecule has 0 fully saturated rings. The van der Waals surface area contributed by atoms with Crippen molar-refractivity contribution in [3.05, 3.63) is 40.6 Å². The lowest BCUT2D eigenvalue weighted by Crippen LogP contribution is -2.28. The monoisotopic (exact) mass is 265 g/mol. The second-order valence-electron chi connectivity index (χ2n) is 4.50. The van der Waals surface area contributed by atoms with Gasteiger partial charge in [0.2, 0.25) is 0 Å². The third-order valence-electron chi connectivity index (χ3n) is 2.98. The number of imidazole rings is 1. The largest absolute Gasteiger partial charge is 0.388 e. The molecule has 0 saturated carbocycles. The summed E-state index contributed by atoms with van der Waals surface area (Å²) in [6.45, 7) is 2.81. The summed E-state index contributed by atoms with van der Waals surface area (Å²) in [4.78, 5) is 5.29. The predicted molar refractivity (Wildman–Crippen MR) is 73.4 cm³/mol. The van der Waals surface area contributed by atoms with Crippen LogP contribution < -0.4 is 5.32 Å². The fourth-order valence-corrected chi connectivity index (χ4v) is 2.57. The molecule has 0 unspecified atom stereocenters. The summed E-state index contributed by atoms with van der Waals surface area (Å²) in [5.74, 6) is 1.01. The Kier molecular flexibility index (Phi) is 4.52. The molecule has 4 nitrogen and oxygen atoms in total. The van der Waals surface area contributed by atoms with Crippen LogP contribution in [0.3, 0.4) is 0 Å². The molecule has 0 bridgehead atoms. The molecular formula is C13H19N3OS. The Hall–Kier alpha value is -1.17. The zero-order valence-corrected chi connectivity index (χ0v) is 11.5. The molecule has 98 valence electrons. The van der Waals surface area contributed by atoms with E-state index < -0.39 is 0 Å². The third kappa shape index (κ3) is 3.41. The summed E-state index contributed by atoms with van der Waals surface area (Å²) < 4.78 is 2.00. The van der Waals surface area contributed by atoms with Gasteiger partial charge >= 0.3 is 0 Å². The molecular weight excluding hydrogens is 246 g/mol. The first kappa shape index (κ1) is 13.3. The van der Waals surface area contributed by atoms with Crippen molar-refractivity contribution in [3.8, 4) is 0 Å². The fraction of sp³-hybridized carbons (Fsp3) is 0.462. The minimum atomic E-state index is -0.381. The zero-order valence-electron chi connectivity index (χ0n) is 10.7. The molecule has 0 aliphatic carbocycles. The van der Waals surface area contributed by atoms with Gasteiger partial charge < -0.3 is 15.0 Å². The number of thiophene rings is 1. The number of rotatable bonds is 6. The Labute approximate surface area is 111 Å². The molecule has 0 saturated heterocycles. The third-order valence-corrected chi connectivity index (χ3v) is 3.95. The van der Waals surface area contributed by atoms with Gasteiger partial charge in [0.1, 0.15) is 5.82 Å². The van der Waals surface area contributed by atoms with Crippen LogP contribution in [-0.2, 0) is 13.6 Å². The summed E-state index contributed by atoms with van der Waals surface area (Å²) in [6.07, 6.45) is 4.06. The van der Waals surface area contributed by atoms with Crippen LogP contribution in [0.15, 0.2) is 29.9 Å². The van der Waals surface area contributed by atoms with Crippen molar-refractivity contribution >= 4 is 11.3 Å². The van der Waals surface area contributed by atoms with E-state index in [-0.39, 0.29) is 12.1 Å². The number of aliphatic hydroxyl groups excluding tert-OH is 1. The van der Waals surface area contributed by atoms with E-state index in [0.29, 0.717) is 6.42 Å². The van der Waals surface area contributed by atoms with Crippen molar-refractivity contribution in [1.29, 1.82) is 0 Å². The van der Waals surface area contributed by atoms with Crippen LogP contribution >= 0.6 is 11.3 Å². The molecule has 2 aromatic rings. The summed E-state index contributed by atoms with van der Waals surface area (Å²) in [5.41, 5.74) is 0. The van der Waals surface area contributed by atoms with Crippen molar-refractivity contribution in [2.45, 2.75) is 32.0 Å². The zero-order chi connectivity index (χ0) is 13.0. The molecule has 2 atom stereocenters. The van der Waals surface area contributed by atoms with E-state index in [1.807, 2.05) is 35.3 Å². The van der Waals surface area contributed by atoms with E-state index >= 15 is 0 Å². The molecule has 0 radical (unpaired) electrons. The molecule has 2 rings (SSSR count). The summed E-state index contributed by atoms with van der Waals surface area (Å²) >= 11 is 1.60. The van der Waals surface area contributed by atoms with Crippen molar-refractivity contribution in [2.75, 3.05) is 0 Å². The molecule has 0 amide bonds. The first-order valence-corrected chi connectivity index (χ1v) is 6.96. The molecule has 0 aromatic carbocycles. The van der Waals surface area contributed by atoms with Gasteiger partial charge in [-0.1, -0.05) is 6.07 Å². The molecule has 2 aromatic heterocycles. The van der Waals surface area contributed by atoms with Gasteiger partial charge in [0, 0.05) is 30.4 Å². The van der Waals surface area contributed by atoms with Crippen LogP contribution in [0.2, 0.25) is 0 Å². The molecule has 0 aliphatic heterocycles. The first-order valence-electron chi connectivity index (χ1n) is 6.08. The summed E-state index contributed by atoms with van der Waals surface area (Å²) in [5, 5.41) is 15.4. The Morgan fingerprint density at radius 1 is 1.56 bits per heavy atom. The molecule has 18 heavy (non-hydrogen) atoms. The van der Waals surface area contributed by atoms with Crippen molar-refractivity contribution < 1.29 is 5.11 Å². The van der Waals surface area contributed by atoms with E-state index in [9.17, 15) is 5.11 Å².